The molecule has 0 aliphatic heterocycles. The van der Waals surface area contributed by atoms with Crippen molar-refractivity contribution in [1.29, 1.82) is 0 Å². The van der Waals surface area contributed by atoms with Crippen molar-refractivity contribution >= 4 is 29.1 Å². The fraction of sp³-hybridized carbons (Fsp3) is 0.235. The lowest BCUT2D eigenvalue weighted by atomic mass is 10.1. The summed E-state index contributed by atoms with van der Waals surface area (Å²) in [7, 11) is 0. The number of aromatic nitrogens is 2. The lowest BCUT2D eigenvalue weighted by Crippen LogP contribution is -2.24. The number of nitrogens with one attached hydrogen (secondary N) is 1. The van der Waals surface area contributed by atoms with Crippen molar-refractivity contribution in [2.24, 2.45) is 0 Å². The number of aryl methyl sites for hydroxylation is 3. The quantitative estimate of drug-likeness (QED) is 0.721. The standard InChI is InChI=1S/C17H15Cl2N3O3/c1-8-9(2)24-13(21-8)7-20-17(23)14-10(3)25-22-16(14)15-11(18)5-4-6-12(15)19/h4-6H,7H2,1-3H3,(H,20,23). The minimum Gasteiger partial charge on any atom is -0.444 e. The average Bonchev–Trinajstić information content (AvgIpc) is 3.08. The fourth-order valence-electron chi connectivity index (χ4n) is 2.39. The van der Waals surface area contributed by atoms with Gasteiger partial charge in [0.15, 0.2) is 0 Å². The Morgan fingerprint density at radius 1 is 1.16 bits per heavy atom. The van der Waals surface area contributed by atoms with Gasteiger partial charge in [-0.15, -0.1) is 0 Å². The highest BCUT2D eigenvalue weighted by molar-refractivity contribution is 6.39. The van der Waals surface area contributed by atoms with E-state index in [0.29, 0.717) is 38.7 Å². The Balaban J connectivity index is 1.90. The van der Waals surface area contributed by atoms with E-state index in [0.717, 1.165) is 5.69 Å². The Morgan fingerprint density at radius 2 is 1.84 bits per heavy atom. The summed E-state index contributed by atoms with van der Waals surface area (Å²) < 4.78 is 10.6. The van der Waals surface area contributed by atoms with Crippen LogP contribution in [-0.2, 0) is 6.54 Å². The first kappa shape index (κ1) is 17.5. The van der Waals surface area contributed by atoms with Crippen LogP contribution in [0.3, 0.4) is 0 Å². The molecule has 1 aromatic carbocycles. The zero-order valence-electron chi connectivity index (χ0n) is 13.8. The second-order valence-electron chi connectivity index (χ2n) is 5.49. The molecule has 0 saturated heterocycles. The molecule has 3 rings (SSSR count). The van der Waals surface area contributed by atoms with Crippen molar-refractivity contribution in [1.82, 2.24) is 15.5 Å². The molecule has 0 unspecified atom stereocenters. The second-order valence-corrected chi connectivity index (χ2v) is 6.31. The van der Waals surface area contributed by atoms with E-state index in [9.17, 15) is 4.79 Å². The molecule has 2 aromatic heterocycles. The number of rotatable bonds is 4. The SMILES string of the molecule is Cc1nc(CNC(=O)c2c(-c3c(Cl)cccc3Cl)noc2C)oc1C. The van der Waals surface area contributed by atoms with E-state index in [-0.39, 0.29) is 18.0 Å². The Morgan fingerprint density at radius 3 is 2.44 bits per heavy atom. The Bertz CT molecular complexity index is 907. The highest BCUT2D eigenvalue weighted by Gasteiger charge is 2.25. The van der Waals surface area contributed by atoms with Crippen LogP contribution in [0.15, 0.2) is 27.1 Å². The summed E-state index contributed by atoms with van der Waals surface area (Å²) in [6, 6.07) is 5.06. The van der Waals surface area contributed by atoms with E-state index < -0.39 is 0 Å². The number of hydrogen-bond donors (Lipinski definition) is 1. The number of carbonyl (C=O) groups excluding carboxylic acids is 1. The van der Waals surface area contributed by atoms with Crippen molar-refractivity contribution in [2.45, 2.75) is 27.3 Å². The maximum atomic E-state index is 12.6. The lowest BCUT2D eigenvalue weighted by molar-refractivity contribution is 0.0946. The van der Waals surface area contributed by atoms with Crippen LogP contribution in [0.2, 0.25) is 10.0 Å². The van der Waals surface area contributed by atoms with Gasteiger partial charge < -0.3 is 14.3 Å². The van der Waals surface area contributed by atoms with E-state index in [4.69, 9.17) is 32.1 Å². The van der Waals surface area contributed by atoms with E-state index in [1.54, 1.807) is 25.1 Å². The molecule has 0 fully saturated rings. The van der Waals surface area contributed by atoms with Gasteiger partial charge >= 0.3 is 0 Å². The normalized spacial score (nSPS) is 10.9. The zero-order chi connectivity index (χ0) is 18.1. The summed E-state index contributed by atoms with van der Waals surface area (Å²) in [4.78, 5) is 16.9. The molecular weight excluding hydrogens is 365 g/mol. The monoisotopic (exact) mass is 379 g/mol. The average molecular weight is 380 g/mol. The number of benzene rings is 1. The Labute approximate surface area is 154 Å². The van der Waals surface area contributed by atoms with Crippen LogP contribution in [0.1, 0.15) is 33.5 Å². The molecule has 1 N–H and O–H groups in total. The molecule has 0 aliphatic rings. The molecule has 0 aliphatic carbocycles. The second kappa shape index (κ2) is 6.90. The largest absolute Gasteiger partial charge is 0.444 e. The lowest BCUT2D eigenvalue weighted by Gasteiger charge is -2.07. The molecular formula is C17H15Cl2N3O3. The van der Waals surface area contributed by atoms with Crippen molar-refractivity contribution in [3.63, 3.8) is 0 Å². The summed E-state index contributed by atoms with van der Waals surface area (Å²) in [6.45, 7) is 5.45. The van der Waals surface area contributed by atoms with E-state index >= 15 is 0 Å². The van der Waals surface area contributed by atoms with Gasteiger partial charge in [-0.3, -0.25) is 4.79 Å². The first-order chi connectivity index (χ1) is 11.9. The molecule has 0 bridgehead atoms. The van der Waals surface area contributed by atoms with Crippen LogP contribution >= 0.6 is 23.2 Å². The van der Waals surface area contributed by atoms with Gasteiger partial charge in [-0.2, -0.15) is 0 Å². The smallest absolute Gasteiger partial charge is 0.257 e. The van der Waals surface area contributed by atoms with Gasteiger partial charge in [0.05, 0.1) is 22.3 Å². The Kier molecular flexibility index (Phi) is 4.83. The first-order valence-electron chi connectivity index (χ1n) is 7.50. The fourth-order valence-corrected chi connectivity index (χ4v) is 2.97. The van der Waals surface area contributed by atoms with Crippen molar-refractivity contribution in [2.75, 3.05) is 0 Å². The molecule has 0 radical (unpaired) electrons. The molecule has 0 spiro atoms. The maximum absolute atomic E-state index is 12.6. The minimum atomic E-state index is -0.377. The van der Waals surface area contributed by atoms with Crippen molar-refractivity contribution in [3.05, 3.63) is 56.9 Å². The number of amides is 1. The molecule has 25 heavy (non-hydrogen) atoms. The van der Waals surface area contributed by atoms with E-state index in [1.165, 1.54) is 0 Å². The molecule has 130 valence electrons. The molecule has 1 amide bonds. The third-order valence-electron chi connectivity index (χ3n) is 3.76. The van der Waals surface area contributed by atoms with Crippen LogP contribution in [-0.4, -0.2) is 16.0 Å². The summed E-state index contributed by atoms with van der Waals surface area (Å²) in [6.07, 6.45) is 0. The zero-order valence-corrected chi connectivity index (χ0v) is 15.3. The molecule has 3 aromatic rings. The molecule has 0 saturated carbocycles. The minimum absolute atomic E-state index is 0.147. The van der Waals surface area contributed by atoms with Crippen LogP contribution in [0, 0.1) is 20.8 Å². The maximum Gasteiger partial charge on any atom is 0.257 e. The predicted molar refractivity (Wildman–Crippen MR) is 93.8 cm³/mol. The number of hydrogen-bond acceptors (Lipinski definition) is 5. The van der Waals surface area contributed by atoms with Gasteiger partial charge in [0.25, 0.3) is 5.91 Å². The van der Waals surface area contributed by atoms with Crippen molar-refractivity contribution in [3.8, 4) is 11.3 Å². The molecule has 2 heterocycles. The highest BCUT2D eigenvalue weighted by atomic mass is 35.5. The Hall–Kier alpha value is -2.31. The number of carbonyl (C=O) groups is 1. The van der Waals surface area contributed by atoms with Gasteiger partial charge in [-0.1, -0.05) is 34.4 Å². The third kappa shape index (κ3) is 3.41. The number of nitrogens with zero attached hydrogens (tertiary/aromatic N) is 2. The first-order valence-corrected chi connectivity index (χ1v) is 8.25. The molecule has 0 atom stereocenters. The van der Waals surface area contributed by atoms with Gasteiger partial charge in [-0.25, -0.2) is 4.98 Å². The van der Waals surface area contributed by atoms with Gasteiger partial charge in [0.2, 0.25) is 5.89 Å². The third-order valence-corrected chi connectivity index (χ3v) is 4.39. The van der Waals surface area contributed by atoms with Crippen LogP contribution in [0.5, 0.6) is 0 Å². The number of oxazole rings is 1. The number of halogens is 2. The van der Waals surface area contributed by atoms with Crippen LogP contribution in [0.4, 0.5) is 0 Å². The predicted octanol–water partition coefficient (Wildman–Crippen LogP) is 4.49. The van der Waals surface area contributed by atoms with Crippen molar-refractivity contribution < 1.29 is 13.7 Å². The summed E-state index contributed by atoms with van der Waals surface area (Å²) in [5.41, 5.74) is 1.81. The summed E-state index contributed by atoms with van der Waals surface area (Å²) in [5, 5.41) is 7.47. The van der Waals surface area contributed by atoms with E-state index in [2.05, 4.69) is 15.5 Å². The van der Waals surface area contributed by atoms with Crippen LogP contribution in [0.25, 0.3) is 11.3 Å². The summed E-state index contributed by atoms with van der Waals surface area (Å²) >= 11 is 12.4. The van der Waals surface area contributed by atoms with Crippen LogP contribution < -0.4 is 5.32 Å². The topological polar surface area (TPSA) is 81.2 Å². The summed E-state index contributed by atoms with van der Waals surface area (Å²) in [5.74, 6) is 1.13. The van der Waals surface area contributed by atoms with Gasteiger partial charge in [0.1, 0.15) is 22.8 Å². The van der Waals surface area contributed by atoms with Gasteiger partial charge in [-0.05, 0) is 32.9 Å². The van der Waals surface area contributed by atoms with E-state index in [1.807, 2.05) is 13.8 Å². The molecule has 6 nitrogen and oxygen atoms in total. The van der Waals surface area contributed by atoms with Gasteiger partial charge in [0, 0.05) is 5.56 Å². The molecule has 8 heteroatoms. The highest BCUT2D eigenvalue weighted by Crippen LogP contribution is 2.36.